The van der Waals surface area contributed by atoms with Crippen molar-refractivity contribution in [3.8, 4) is 0 Å². The lowest BCUT2D eigenvalue weighted by Crippen LogP contribution is -2.44. The number of hydrogen-bond donors (Lipinski definition) is 0. The van der Waals surface area contributed by atoms with Crippen LogP contribution in [0.5, 0.6) is 0 Å². The summed E-state index contributed by atoms with van der Waals surface area (Å²) >= 11 is 0. The summed E-state index contributed by atoms with van der Waals surface area (Å²) in [6.07, 6.45) is 6.40. The van der Waals surface area contributed by atoms with Crippen LogP contribution in [0.2, 0.25) is 0 Å². The van der Waals surface area contributed by atoms with Gasteiger partial charge in [-0.15, -0.1) is 10.2 Å². The summed E-state index contributed by atoms with van der Waals surface area (Å²) in [6, 6.07) is 0.634. The zero-order valence-corrected chi connectivity index (χ0v) is 12.7. The van der Waals surface area contributed by atoms with Crippen LogP contribution in [0.25, 0.3) is 0 Å². The maximum Gasteiger partial charge on any atom is 0.227 e. The number of nitrogens with zero attached hydrogens (tertiary/aromatic N) is 4. The molecule has 20 heavy (non-hydrogen) atoms. The number of hydrogen-bond acceptors (Lipinski definition) is 3. The van der Waals surface area contributed by atoms with E-state index in [1.165, 1.54) is 12.8 Å². The molecule has 5 heteroatoms. The van der Waals surface area contributed by atoms with Gasteiger partial charge in [-0.1, -0.05) is 20.8 Å². The van der Waals surface area contributed by atoms with E-state index in [1.807, 2.05) is 32.0 Å². The van der Waals surface area contributed by atoms with Crippen molar-refractivity contribution in [1.29, 1.82) is 0 Å². The molecule has 1 aromatic rings. The van der Waals surface area contributed by atoms with Gasteiger partial charge in [0, 0.05) is 30.5 Å². The first-order valence-electron chi connectivity index (χ1n) is 7.65. The van der Waals surface area contributed by atoms with E-state index in [2.05, 4.69) is 14.8 Å². The van der Waals surface area contributed by atoms with Gasteiger partial charge in [0.2, 0.25) is 5.91 Å². The van der Waals surface area contributed by atoms with E-state index in [9.17, 15) is 4.79 Å². The fraction of sp³-hybridized carbons (Fsp3) is 0.800. The van der Waals surface area contributed by atoms with Gasteiger partial charge in [0.1, 0.15) is 12.2 Å². The van der Waals surface area contributed by atoms with Crippen LogP contribution < -0.4 is 0 Å². The predicted molar refractivity (Wildman–Crippen MR) is 76.3 cm³/mol. The van der Waals surface area contributed by atoms with Crippen molar-refractivity contribution in [2.24, 2.45) is 5.41 Å². The minimum absolute atomic E-state index is 0.264. The van der Waals surface area contributed by atoms with Crippen molar-refractivity contribution in [1.82, 2.24) is 19.7 Å². The van der Waals surface area contributed by atoms with Crippen LogP contribution in [0.3, 0.4) is 0 Å². The molecule has 3 rings (SSSR count). The van der Waals surface area contributed by atoms with E-state index in [-0.39, 0.29) is 11.3 Å². The Kier molecular flexibility index (Phi) is 3.30. The summed E-state index contributed by atoms with van der Waals surface area (Å²) in [7, 11) is 0. The third-order valence-electron chi connectivity index (χ3n) is 4.33. The van der Waals surface area contributed by atoms with Gasteiger partial charge in [-0.25, -0.2) is 0 Å². The molecule has 0 radical (unpaired) electrons. The fourth-order valence-electron chi connectivity index (χ4n) is 2.99. The minimum Gasteiger partial charge on any atom is -0.342 e. The Hall–Kier alpha value is -1.39. The Morgan fingerprint density at radius 1 is 1.20 bits per heavy atom. The van der Waals surface area contributed by atoms with E-state index in [4.69, 9.17) is 0 Å². The summed E-state index contributed by atoms with van der Waals surface area (Å²) in [4.78, 5) is 14.3. The highest BCUT2D eigenvalue weighted by Gasteiger charge is 2.34. The highest BCUT2D eigenvalue weighted by molar-refractivity contribution is 5.81. The Balaban J connectivity index is 1.64. The second kappa shape index (κ2) is 4.86. The summed E-state index contributed by atoms with van der Waals surface area (Å²) in [5.74, 6) is 1.86. The average Bonchev–Trinajstić information content (AvgIpc) is 3.15. The highest BCUT2D eigenvalue weighted by atomic mass is 16.2. The molecule has 0 spiro atoms. The lowest BCUT2D eigenvalue weighted by atomic mass is 9.90. The predicted octanol–water partition coefficient (Wildman–Crippen LogP) is 2.37. The smallest absolute Gasteiger partial charge is 0.227 e. The van der Waals surface area contributed by atoms with Crippen LogP contribution in [-0.2, 0) is 4.79 Å². The van der Waals surface area contributed by atoms with Crippen LogP contribution in [0, 0.1) is 5.41 Å². The van der Waals surface area contributed by atoms with Crippen molar-refractivity contribution in [2.75, 3.05) is 13.1 Å². The van der Waals surface area contributed by atoms with Crippen molar-refractivity contribution in [3.05, 3.63) is 12.2 Å². The topological polar surface area (TPSA) is 51.0 Å². The molecular formula is C15H24N4O. The third kappa shape index (κ3) is 2.58. The zero-order valence-electron chi connectivity index (χ0n) is 12.7. The van der Waals surface area contributed by atoms with Crippen LogP contribution in [0.1, 0.15) is 64.2 Å². The number of carbonyl (C=O) groups excluding carboxylic acids is 1. The molecule has 0 aromatic carbocycles. The fourth-order valence-corrected chi connectivity index (χ4v) is 2.99. The largest absolute Gasteiger partial charge is 0.342 e. The van der Waals surface area contributed by atoms with E-state index in [0.29, 0.717) is 12.0 Å². The second-order valence-corrected chi connectivity index (χ2v) is 7.14. The Morgan fingerprint density at radius 2 is 1.85 bits per heavy atom. The van der Waals surface area contributed by atoms with Gasteiger partial charge in [-0.05, 0) is 25.7 Å². The van der Waals surface area contributed by atoms with Crippen LogP contribution in [-0.4, -0.2) is 38.7 Å². The molecule has 1 aromatic heterocycles. The number of amides is 1. The molecule has 1 saturated carbocycles. The molecule has 1 aliphatic heterocycles. The lowest BCUT2D eigenvalue weighted by molar-refractivity contribution is -0.140. The van der Waals surface area contributed by atoms with Crippen LogP contribution in [0.4, 0.5) is 0 Å². The molecule has 2 heterocycles. The highest BCUT2D eigenvalue weighted by Crippen LogP contribution is 2.38. The quantitative estimate of drug-likeness (QED) is 0.833. The zero-order chi connectivity index (χ0) is 14.3. The van der Waals surface area contributed by atoms with Gasteiger partial charge < -0.3 is 9.47 Å². The minimum atomic E-state index is -0.277. The van der Waals surface area contributed by atoms with E-state index < -0.39 is 0 Å². The standard InChI is InChI=1S/C15H24N4O/c1-15(2,3)14(20)18-8-6-11(7-9-18)13-17-16-10-19(13)12-4-5-12/h10-12H,4-9H2,1-3H3. The Morgan fingerprint density at radius 3 is 2.40 bits per heavy atom. The molecule has 0 atom stereocenters. The maximum atomic E-state index is 12.3. The van der Waals surface area contributed by atoms with Crippen LogP contribution in [0.15, 0.2) is 6.33 Å². The van der Waals surface area contributed by atoms with E-state index >= 15 is 0 Å². The summed E-state index contributed by atoms with van der Waals surface area (Å²) in [5.41, 5.74) is -0.277. The monoisotopic (exact) mass is 276 g/mol. The molecule has 1 amide bonds. The average molecular weight is 276 g/mol. The molecule has 0 bridgehead atoms. The Labute approximate surface area is 120 Å². The second-order valence-electron chi connectivity index (χ2n) is 7.14. The molecule has 1 aliphatic carbocycles. The summed E-state index contributed by atoms with van der Waals surface area (Å²) in [5, 5.41) is 8.41. The molecule has 0 N–H and O–H groups in total. The van der Waals surface area contributed by atoms with E-state index in [0.717, 1.165) is 31.8 Å². The SMILES string of the molecule is CC(C)(C)C(=O)N1CCC(c2nncn2C2CC2)CC1. The summed E-state index contributed by atoms with van der Waals surface area (Å²) in [6.45, 7) is 7.66. The van der Waals surface area contributed by atoms with Gasteiger partial charge >= 0.3 is 0 Å². The third-order valence-corrected chi connectivity index (χ3v) is 4.33. The van der Waals surface area contributed by atoms with Gasteiger partial charge in [0.25, 0.3) is 0 Å². The van der Waals surface area contributed by atoms with Gasteiger partial charge in [-0.3, -0.25) is 4.79 Å². The van der Waals surface area contributed by atoms with Crippen molar-refractivity contribution in [3.63, 3.8) is 0 Å². The first kappa shape index (κ1) is 13.6. The van der Waals surface area contributed by atoms with Gasteiger partial charge in [0.15, 0.2) is 0 Å². The molecule has 5 nitrogen and oxygen atoms in total. The number of likely N-dealkylation sites (tertiary alicyclic amines) is 1. The first-order valence-corrected chi connectivity index (χ1v) is 7.65. The van der Waals surface area contributed by atoms with Crippen molar-refractivity contribution < 1.29 is 4.79 Å². The van der Waals surface area contributed by atoms with Crippen molar-refractivity contribution in [2.45, 2.75) is 58.4 Å². The van der Waals surface area contributed by atoms with Gasteiger partial charge in [-0.2, -0.15) is 0 Å². The van der Waals surface area contributed by atoms with Crippen LogP contribution >= 0.6 is 0 Å². The van der Waals surface area contributed by atoms with E-state index in [1.54, 1.807) is 0 Å². The molecule has 1 saturated heterocycles. The number of carbonyl (C=O) groups is 1. The number of piperidine rings is 1. The molecule has 0 unspecified atom stereocenters. The number of aromatic nitrogens is 3. The Bertz CT molecular complexity index is 490. The van der Waals surface area contributed by atoms with Crippen molar-refractivity contribution >= 4 is 5.91 Å². The lowest BCUT2D eigenvalue weighted by Gasteiger charge is -2.35. The number of rotatable bonds is 2. The molecular weight excluding hydrogens is 252 g/mol. The molecule has 2 aliphatic rings. The van der Waals surface area contributed by atoms with Gasteiger partial charge in [0.05, 0.1) is 0 Å². The first-order chi connectivity index (χ1) is 9.47. The molecule has 2 fully saturated rings. The summed E-state index contributed by atoms with van der Waals surface area (Å²) < 4.78 is 2.26. The molecule has 110 valence electrons. The normalized spacial score (nSPS) is 21.2. The maximum absolute atomic E-state index is 12.3.